The van der Waals surface area contributed by atoms with Crippen molar-refractivity contribution in [1.29, 1.82) is 0 Å². The normalized spacial score (nSPS) is 21.3. The summed E-state index contributed by atoms with van der Waals surface area (Å²) in [6.45, 7) is 8.43. The van der Waals surface area contributed by atoms with Crippen molar-refractivity contribution < 1.29 is 9.59 Å². The van der Waals surface area contributed by atoms with Crippen molar-refractivity contribution in [3.63, 3.8) is 0 Å². The third kappa shape index (κ3) is 6.53. The van der Waals surface area contributed by atoms with Crippen LogP contribution in [0.1, 0.15) is 58.1 Å². The van der Waals surface area contributed by atoms with Gasteiger partial charge in [0.05, 0.1) is 18.2 Å². The van der Waals surface area contributed by atoms with Gasteiger partial charge in [-0.05, 0) is 56.7 Å². The molecule has 6 heteroatoms. The van der Waals surface area contributed by atoms with Gasteiger partial charge in [-0.3, -0.25) is 19.5 Å². The monoisotopic (exact) mass is 400 g/mol. The van der Waals surface area contributed by atoms with Crippen LogP contribution in [-0.4, -0.2) is 58.8 Å². The number of pyridine rings is 1. The van der Waals surface area contributed by atoms with Gasteiger partial charge in [0.1, 0.15) is 0 Å². The second-order valence-electron chi connectivity index (χ2n) is 8.92. The van der Waals surface area contributed by atoms with Crippen molar-refractivity contribution >= 4 is 11.8 Å². The van der Waals surface area contributed by atoms with E-state index in [1.165, 1.54) is 0 Å². The molecule has 3 rings (SSSR count). The van der Waals surface area contributed by atoms with Crippen molar-refractivity contribution in [2.75, 3.05) is 26.2 Å². The molecule has 0 aromatic carbocycles. The minimum absolute atomic E-state index is 0.0539. The summed E-state index contributed by atoms with van der Waals surface area (Å²) in [5, 5.41) is 3.06. The Morgan fingerprint density at radius 1 is 1.17 bits per heavy atom. The Hall–Kier alpha value is -1.95. The molecule has 0 bridgehead atoms. The van der Waals surface area contributed by atoms with Gasteiger partial charge in [-0.15, -0.1) is 0 Å². The fourth-order valence-corrected chi connectivity index (χ4v) is 4.43. The number of nitrogens with zero attached hydrogens (tertiary/aromatic N) is 3. The molecule has 1 atom stereocenters. The molecule has 2 aliphatic heterocycles. The third-order valence-electron chi connectivity index (χ3n) is 6.26. The summed E-state index contributed by atoms with van der Waals surface area (Å²) in [4.78, 5) is 33.8. The third-order valence-corrected chi connectivity index (χ3v) is 6.26. The van der Waals surface area contributed by atoms with Crippen molar-refractivity contribution in [3.05, 3.63) is 30.1 Å². The lowest BCUT2D eigenvalue weighted by Gasteiger charge is -2.42. The van der Waals surface area contributed by atoms with Crippen LogP contribution in [0.5, 0.6) is 0 Å². The number of rotatable bonds is 7. The molecule has 2 amide bonds. The molecule has 0 radical (unpaired) electrons. The first-order chi connectivity index (χ1) is 14.0. The maximum atomic E-state index is 12.6. The minimum atomic E-state index is 0.0539. The van der Waals surface area contributed by atoms with Crippen molar-refractivity contribution in [1.82, 2.24) is 20.1 Å². The molecule has 0 aliphatic carbocycles. The molecular weight excluding hydrogens is 364 g/mol. The van der Waals surface area contributed by atoms with E-state index in [0.717, 1.165) is 64.0 Å². The van der Waals surface area contributed by atoms with E-state index in [2.05, 4.69) is 29.0 Å². The van der Waals surface area contributed by atoms with Gasteiger partial charge in [0.15, 0.2) is 0 Å². The quantitative estimate of drug-likeness (QED) is 0.764. The minimum Gasteiger partial charge on any atom is -0.350 e. The number of hydrogen-bond acceptors (Lipinski definition) is 4. The molecule has 1 aromatic heterocycles. The average molecular weight is 401 g/mol. The van der Waals surface area contributed by atoms with Crippen LogP contribution in [0.4, 0.5) is 0 Å². The summed E-state index contributed by atoms with van der Waals surface area (Å²) in [6.07, 6.45) is 7.46. The van der Waals surface area contributed by atoms with E-state index < -0.39 is 0 Å². The summed E-state index contributed by atoms with van der Waals surface area (Å²) in [6, 6.07) is 6.25. The van der Waals surface area contributed by atoms with Crippen molar-refractivity contribution in [3.8, 4) is 0 Å². The van der Waals surface area contributed by atoms with Crippen molar-refractivity contribution in [2.24, 2.45) is 11.8 Å². The second-order valence-corrected chi connectivity index (χ2v) is 8.92. The number of carbonyl (C=O) groups excluding carboxylic acids is 2. The molecule has 0 spiro atoms. The number of amides is 2. The largest absolute Gasteiger partial charge is 0.350 e. The van der Waals surface area contributed by atoms with Gasteiger partial charge in [-0.25, -0.2) is 0 Å². The summed E-state index contributed by atoms with van der Waals surface area (Å²) in [7, 11) is 0. The fraction of sp³-hybridized carbons (Fsp3) is 0.696. The Balaban J connectivity index is 1.42. The lowest BCUT2D eigenvalue weighted by atomic mass is 9.93. The van der Waals surface area contributed by atoms with Gasteiger partial charge in [0, 0.05) is 38.3 Å². The zero-order chi connectivity index (χ0) is 20.6. The molecule has 29 heavy (non-hydrogen) atoms. The highest BCUT2D eigenvalue weighted by Crippen LogP contribution is 2.24. The topological polar surface area (TPSA) is 65.5 Å². The van der Waals surface area contributed by atoms with Gasteiger partial charge in [-0.1, -0.05) is 19.9 Å². The fourth-order valence-electron chi connectivity index (χ4n) is 4.43. The molecule has 2 saturated heterocycles. The van der Waals surface area contributed by atoms with Crippen LogP contribution in [0.15, 0.2) is 24.4 Å². The number of carbonyl (C=O) groups is 2. The Bertz CT molecular complexity index is 656. The van der Waals surface area contributed by atoms with Crippen LogP contribution in [0.25, 0.3) is 0 Å². The van der Waals surface area contributed by atoms with Crippen LogP contribution in [0.3, 0.4) is 0 Å². The molecule has 1 aromatic rings. The van der Waals surface area contributed by atoms with Crippen molar-refractivity contribution in [2.45, 2.75) is 65.0 Å². The Kier molecular flexibility index (Phi) is 8.04. The van der Waals surface area contributed by atoms with E-state index >= 15 is 0 Å². The second kappa shape index (κ2) is 10.7. The van der Waals surface area contributed by atoms with E-state index in [1.807, 2.05) is 23.1 Å². The van der Waals surface area contributed by atoms with Crippen LogP contribution < -0.4 is 5.32 Å². The Morgan fingerprint density at radius 3 is 2.66 bits per heavy atom. The molecule has 3 heterocycles. The van der Waals surface area contributed by atoms with Crippen LogP contribution in [-0.2, 0) is 16.1 Å². The predicted octanol–water partition coefficient (Wildman–Crippen LogP) is 2.84. The zero-order valence-corrected chi connectivity index (χ0v) is 18.0. The van der Waals surface area contributed by atoms with Crippen LogP contribution in [0.2, 0.25) is 0 Å². The van der Waals surface area contributed by atoms with Crippen LogP contribution >= 0.6 is 0 Å². The summed E-state index contributed by atoms with van der Waals surface area (Å²) in [5.41, 5.74) is 0.892. The summed E-state index contributed by atoms with van der Waals surface area (Å²) in [5.74, 6) is 1.08. The van der Waals surface area contributed by atoms with Gasteiger partial charge >= 0.3 is 0 Å². The number of hydrogen-bond donors (Lipinski definition) is 1. The van der Waals surface area contributed by atoms with E-state index in [-0.39, 0.29) is 11.8 Å². The van der Waals surface area contributed by atoms with E-state index in [1.54, 1.807) is 6.20 Å². The number of nitrogens with one attached hydrogen (secondary N) is 1. The summed E-state index contributed by atoms with van der Waals surface area (Å²) < 4.78 is 0. The van der Waals surface area contributed by atoms with Gasteiger partial charge in [0.2, 0.25) is 11.8 Å². The lowest BCUT2D eigenvalue weighted by molar-refractivity contribution is -0.133. The smallest absolute Gasteiger partial charge is 0.224 e. The Morgan fingerprint density at radius 2 is 1.97 bits per heavy atom. The average Bonchev–Trinajstić information content (AvgIpc) is 2.76. The maximum absolute atomic E-state index is 12.6. The van der Waals surface area contributed by atoms with E-state index in [0.29, 0.717) is 30.8 Å². The number of aromatic nitrogens is 1. The molecule has 0 unspecified atom stereocenters. The molecule has 160 valence electrons. The number of piperidine rings is 2. The standard InChI is InChI=1S/C23H36N4O2/c1-18(2)8-9-22(28)26-14-10-21(11-15-26)27-13-5-6-19(17-27)23(29)25-16-20-7-3-4-12-24-20/h3-4,7,12,18-19,21H,5-6,8-11,13-17H2,1-2H3,(H,25,29)/t19-/m1/s1. The lowest BCUT2D eigenvalue weighted by Crippen LogP contribution is -2.51. The Labute approximate surface area is 175 Å². The SMILES string of the molecule is CC(C)CCC(=O)N1CCC(N2CCC[C@@H](C(=O)NCc3ccccn3)C2)CC1. The van der Waals surface area contributed by atoms with Crippen LogP contribution in [0, 0.1) is 11.8 Å². The first-order valence-electron chi connectivity index (χ1n) is 11.2. The molecule has 1 N–H and O–H groups in total. The molecule has 2 aliphatic rings. The first-order valence-corrected chi connectivity index (χ1v) is 11.2. The van der Waals surface area contributed by atoms with E-state index in [9.17, 15) is 9.59 Å². The van der Waals surface area contributed by atoms with Gasteiger partial charge in [-0.2, -0.15) is 0 Å². The molecular formula is C23H36N4O2. The van der Waals surface area contributed by atoms with Gasteiger partial charge in [0.25, 0.3) is 0 Å². The highest BCUT2D eigenvalue weighted by atomic mass is 16.2. The predicted molar refractivity (Wildman–Crippen MR) is 114 cm³/mol. The summed E-state index contributed by atoms with van der Waals surface area (Å²) >= 11 is 0. The highest BCUT2D eigenvalue weighted by molar-refractivity contribution is 5.79. The molecule has 6 nitrogen and oxygen atoms in total. The first kappa shape index (κ1) is 21.8. The molecule has 2 fully saturated rings. The van der Waals surface area contributed by atoms with E-state index in [4.69, 9.17) is 0 Å². The zero-order valence-electron chi connectivity index (χ0n) is 18.0. The molecule has 0 saturated carbocycles. The number of likely N-dealkylation sites (tertiary alicyclic amines) is 2. The highest BCUT2D eigenvalue weighted by Gasteiger charge is 2.32. The maximum Gasteiger partial charge on any atom is 0.224 e. The van der Waals surface area contributed by atoms with Gasteiger partial charge < -0.3 is 10.2 Å².